The van der Waals surface area contributed by atoms with Gasteiger partial charge in [0, 0.05) is 12.0 Å². The van der Waals surface area contributed by atoms with Crippen LogP contribution in [0.5, 0.6) is 0 Å². The number of methoxy groups -OCH3 is 1. The van der Waals surface area contributed by atoms with E-state index in [1.54, 1.807) is 7.11 Å². The summed E-state index contributed by atoms with van der Waals surface area (Å²) in [4.78, 5) is 0.116. The molecule has 1 atom stereocenters. The molecule has 1 unspecified atom stereocenters. The maximum atomic E-state index is 12.2. The molecule has 1 aromatic rings. The first-order chi connectivity index (χ1) is 9.13. The molecule has 1 N–H and O–H groups in total. The first-order valence-electron chi connectivity index (χ1n) is 6.22. The Morgan fingerprint density at radius 1 is 1.20 bits per heavy atom. The summed E-state index contributed by atoms with van der Waals surface area (Å²) in [6, 6.07) is 5.80. The van der Waals surface area contributed by atoms with E-state index in [2.05, 4.69) is 0 Å². The zero-order valence-electron chi connectivity index (χ0n) is 11.7. The Morgan fingerprint density at radius 2 is 1.75 bits per heavy atom. The Labute approximate surface area is 121 Å². The summed E-state index contributed by atoms with van der Waals surface area (Å²) < 4.78 is 41.8. The van der Waals surface area contributed by atoms with Crippen molar-refractivity contribution in [3.05, 3.63) is 29.8 Å². The molecule has 20 heavy (non-hydrogen) atoms. The third-order valence-corrected chi connectivity index (χ3v) is 3.81. The average molecular weight is 308 g/mol. The van der Waals surface area contributed by atoms with E-state index in [0.717, 1.165) is 0 Å². The van der Waals surface area contributed by atoms with Gasteiger partial charge in [-0.2, -0.15) is 13.2 Å². The summed E-state index contributed by atoms with van der Waals surface area (Å²) in [7, 11) is 1.61. The number of thioether (sulfide) groups is 1. The lowest BCUT2D eigenvalue weighted by atomic mass is 9.97. The molecule has 0 fully saturated rings. The molecule has 0 saturated heterocycles. The lowest BCUT2D eigenvalue weighted by Crippen LogP contribution is -2.23. The van der Waals surface area contributed by atoms with Crippen molar-refractivity contribution in [1.82, 2.24) is 0 Å². The van der Waals surface area contributed by atoms with E-state index in [4.69, 9.17) is 4.74 Å². The van der Waals surface area contributed by atoms with E-state index < -0.39 is 11.6 Å². The number of hydrogen-bond donors (Lipinski definition) is 1. The van der Waals surface area contributed by atoms with Crippen LogP contribution in [0.4, 0.5) is 13.2 Å². The summed E-state index contributed by atoms with van der Waals surface area (Å²) in [6.45, 7) is 3.84. The largest absolute Gasteiger partial charge is 0.446 e. The first-order valence-corrected chi connectivity index (χ1v) is 7.03. The Hall–Kier alpha value is -0.720. The second-order valence-corrected chi connectivity index (χ2v) is 6.27. The Balaban J connectivity index is 2.60. The number of rotatable bonds is 6. The maximum Gasteiger partial charge on any atom is 0.446 e. The van der Waals surface area contributed by atoms with Gasteiger partial charge in [-0.15, -0.1) is 0 Å². The van der Waals surface area contributed by atoms with Gasteiger partial charge in [0.15, 0.2) is 0 Å². The van der Waals surface area contributed by atoms with Crippen LogP contribution in [0.3, 0.4) is 0 Å². The summed E-state index contributed by atoms with van der Waals surface area (Å²) in [6.07, 6.45) is 0.449. The molecule has 114 valence electrons. The van der Waals surface area contributed by atoms with Crippen molar-refractivity contribution in [3.63, 3.8) is 0 Å². The van der Waals surface area contributed by atoms with Gasteiger partial charge in [0.2, 0.25) is 0 Å². The van der Waals surface area contributed by atoms with Gasteiger partial charge in [0.05, 0.1) is 11.7 Å². The number of aliphatic hydroxyl groups excluding tert-OH is 1. The standard InChI is InChI=1S/C14H19F3O2S/c1-13(2,19-3)9-8-12(18)10-4-6-11(7-5-10)20-14(15,16)17/h4-7,12,18H,8-9H2,1-3H3. The zero-order chi connectivity index (χ0) is 15.4. The number of aliphatic hydroxyl groups is 1. The third-order valence-electron chi connectivity index (χ3n) is 3.07. The van der Waals surface area contributed by atoms with Crippen LogP contribution in [-0.4, -0.2) is 23.3 Å². The van der Waals surface area contributed by atoms with Gasteiger partial charge >= 0.3 is 5.51 Å². The number of ether oxygens (including phenoxy) is 1. The van der Waals surface area contributed by atoms with E-state index in [9.17, 15) is 18.3 Å². The second kappa shape index (κ2) is 6.83. The quantitative estimate of drug-likeness (QED) is 0.783. The lowest BCUT2D eigenvalue weighted by molar-refractivity contribution is -0.0328. The van der Waals surface area contributed by atoms with Gasteiger partial charge in [-0.25, -0.2) is 0 Å². The van der Waals surface area contributed by atoms with Crippen LogP contribution in [0.15, 0.2) is 29.2 Å². The van der Waals surface area contributed by atoms with Crippen molar-refractivity contribution < 1.29 is 23.0 Å². The smallest absolute Gasteiger partial charge is 0.388 e. The van der Waals surface area contributed by atoms with Gasteiger partial charge < -0.3 is 9.84 Å². The highest BCUT2D eigenvalue weighted by atomic mass is 32.2. The predicted molar refractivity (Wildman–Crippen MR) is 73.6 cm³/mol. The molecule has 0 bridgehead atoms. The van der Waals surface area contributed by atoms with Crippen LogP contribution >= 0.6 is 11.8 Å². The fraction of sp³-hybridized carbons (Fsp3) is 0.571. The predicted octanol–water partition coefficient (Wildman–Crippen LogP) is 4.54. The second-order valence-electron chi connectivity index (χ2n) is 5.14. The topological polar surface area (TPSA) is 29.5 Å². The van der Waals surface area contributed by atoms with Crippen molar-refractivity contribution in [2.24, 2.45) is 0 Å². The van der Waals surface area contributed by atoms with Crippen molar-refractivity contribution in [2.45, 2.75) is 48.8 Å². The van der Waals surface area contributed by atoms with Crippen molar-refractivity contribution in [2.75, 3.05) is 7.11 Å². The summed E-state index contributed by atoms with van der Waals surface area (Å²) in [5, 5.41) is 10.0. The molecular weight excluding hydrogens is 289 g/mol. The molecule has 0 heterocycles. The van der Waals surface area contributed by atoms with E-state index in [1.165, 1.54) is 24.3 Å². The lowest BCUT2D eigenvalue weighted by Gasteiger charge is -2.24. The van der Waals surface area contributed by atoms with Gasteiger partial charge in [-0.05, 0) is 56.1 Å². The number of hydrogen-bond acceptors (Lipinski definition) is 3. The van der Waals surface area contributed by atoms with Crippen LogP contribution in [0.2, 0.25) is 0 Å². The normalized spacial score (nSPS) is 14.3. The van der Waals surface area contributed by atoms with Gasteiger partial charge in [-0.1, -0.05) is 12.1 Å². The molecular formula is C14H19F3O2S. The minimum absolute atomic E-state index is 0.116. The number of benzene rings is 1. The Bertz CT molecular complexity index is 415. The molecule has 0 spiro atoms. The molecule has 1 rings (SSSR count). The van der Waals surface area contributed by atoms with E-state index in [1.807, 2.05) is 13.8 Å². The highest BCUT2D eigenvalue weighted by Gasteiger charge is 2.29. The molecule has 0 aliphatic heterocycles. The first kappa shape index (κ1) is 17.3. The van der Waals surface area contributed by atoms with E-state index >= 15 is 0 Å². The molecule has 0 saturated carbocycles. The number of alkyl halides is 3. The van der Waals surface area contributed by atoms with Crippen molar-refractivity contribution in [3.8, 4) is 0 Å². The highest BCUT2D eigenvalue weighted by Crippen LogP contribution is 2.37. The molecule has 0 aliphatic carbocycles. The average Bonchev–Trinajstić information content (AvgIpc) is 2.35. The molecule has 0 aromatic heterocycles. The number of halogens is 3. The summed E-state index contributed by atoms with van der Waals surface area (Å²) in [5.41, 5.74) is -4.00. The molecule has 2 nitrogen and oxygen atoms in total. The fourth-order valence-corrected chi connectivity index (χ4v) is 2.18. The fourth-order valence-electron chi connectivity index (χ4n) is 1.64. The van der Waals surface area contributed by atoms with Crippen LogP contribution in [-0.2, 0) is 4.74 Å². The molecule has 6 heteroatoms. The van der Waals surface area contributed by atoms with Crippen LogP contribution < -0.4 is 0 Å². The summed E-state index contributed by atoms with van der Waals surface area (Å²) >= 11 is -0.159. The minimum Gasteiger partial charge on any atom is -0.388 e. The Kier molecular flexibility index (Phi) is 5.91. The highest BCUT2D eigenvalue weighted by molar-refractivity contribution is 8.00. The molecule has 0 amide bonds. The van der Waals surface area contributed by atoms with Gasteiger partial charge in [-0.3, -0.25) is 0 Å². The van der Waals surface area contributed by atoms with Crippen molar-refractivity contribution >= 4 is 11.8 Å². The monoisotopic (exact) mass is 308 g/mol. The Morgan fingerprint density at radius 3 is 2.20 bits per heavy atom. The maximum absolute atomic E-state index is 12.2. The van der Waals surface area contributed by atoms with Gasteiger partial charge in [0.1, 0.15) is 0 Å². The molecule has 1 aromatic carbocycles. The SMILES string of the molecule is COC(C)(C)CCC(O)c1ccc(SC(F)(F)F)cc1. The molecule has 0 radical (unpaired) electrons. The van der Waals surface area contributed by atoms with E-state index in [0.29, 0.717) is 18.4 Å². The van der Waals surface area contributed by atoms with E-state index in [-0.39, 0.29) is 22.3 Å². The van der Waals surface area contributed by atoms with Crippen LogP contribution in [0.25, 0.3) is 0 Å². The molecule has 0 aliphatic rings. The van der Waals surface area contributed by atoms with Crippen LogP contribution in [0.1, 0.15) is 38.4 Å². The van der Waals surface area contributed by atoms with Crippen LogP contribution in [0, 0.1) is 0 Å². The van der Waals surface area contributed by atoms with Crippen molar-refractivity contribution in [1.29, 1.82) is 0 Å². The van der Waals surface area contributed by atoms with Gasteiger partial charge in [0.25, 0.3) is 0 Å². The zero-order valence-corrected chi connectivity index (χ0v) is 12.5. The third kappa shape index (κ3) is 6.15. The summed E-state index contributed by atoms with van der Waals surface area (Å²) in [5.74, 6) is 0. The minimum atomic E-state index is -4.29.